The topological polar surface area (TPSA) is 53.1 Å². The van der Waals surface area contributed by atoms with Crippen molar-refractivity contribution < 1.29 is 9.90 Å². The molecule has 0 aliphatic rings. The molecular weight excluding hydrogens is 190 g/mol. The van der Waals surface area contributed by atoms with Gasteiger partial charge in [0.1, 0.15) is 0 Å². The average Bonchev–Trinajstić information content (AvgIpc) is 2.64. The molecule has 3 heteroatoms. The summed E-state index contributed by atoms with van der Waals surface area (Å²) in [6, 6.07) is 7.75. The molecule has 0 amide bonds. The number of carbonyl (C=O) groups is 1. The smallest absolute Gasteiger partial charge is 0.331 e. The van der Waals surface area contributed by atoms with E-state index in [0.29, 0.717) is 5.57 Å². The molecule has 3 nitrogen and oxygen atoms in total. The van der Waals surface area contributed by atoms with Crippen LogP contribution in [0.4, 0.5) is 0 Å². The van der Waals surface area contributed by atoms with Crippen LogP contribution < -0.4 is 0 Å². The van der Waals surface area contributed by atoms with Gasteiger partial charge in [0.15, 0.2) is 0 Å². The first-order chi connectivity index (χ1) is 7.16. The minimum atomic E-state index is -0.885. The van der Waals surface area contributed by atoms with E-state index in [1.165, 1.54) is 0 Å². The number of aromatic amines is 1. The molecule has 0 atom stereocenters. The van der Waals surface area contributed by atoms with Crippen LogP contribution in [-0.4, -0.2) is 16.1 Å². The molecular formula is C12H11NO2. The highest BCUT2D eigenvalue weighted by Crippen LogP contribution is 2.16. The summed E-state index contributed by atoms with van der Waals surface area (Å²) in [4.78, 5) is 13.7. The second-order valence-corrected chi connectivity index (χ2v) is 3.46. The fourth-order valence-electron chi connectivity index (χ4n) is 1.47. The second-order valence-electron chi connectivity index (χ2n) is 3.46. The highest BCUT2D eigenvalue weighted by molar-refractivity contribution is 5.92. The van der Waals surface area contributed by atoms with Gasteiger partial charge in [0.25, 0.3) is 0 Å². The summed E-state index contributed by atoms with van der Waals surface area (Å²) >= 11 is 0. The average molecular weight is 201 g/mol. The quantitative estimate of drug-likeness (QED) is 0.734. The van der Waals surface area contributed by atoms with Crippen LogP contribution in [0, 0.1) is 0 Å². The summed E-state index contributed by atoms with van der Waals surface area (Å²) in [5.41, 5.74) is 2.30. The number of benzene rings is 1. The minimum Gasteiger partial charge on any atom is -0.478 e. The lowest BCUT2D eigenvalue weighted by molar-refractivity contribution is -0.132. The summed E-state index contributed by atoms with van der Waals surface area (Å²) in [6.45, 7) is 1.59. The van der Waals surface area contributed by atoms with Crippen LogP contribution in [0.1, 0.15) is 12.5 Å². The molecule has 0 unspecified atom stereocenters. The predicted molar refractivity (Wildman–Crippen MR) is 59.6 cm³/mol. The molecule has 1 aromatic heterocycles. The van der Waals surface area contributed by atoms with Crippen LogP contribution in [0.15, 0.2) is 36.0 Å². The summed E-state index contributed by atoms with van der Waals surface area (Å²) in [7, 11) is 0. The van der Waals surface area contributed by atoms with Crippen molar-refractivity contribution in [3.05, 3.63) is 41.6 Å². The van der Waals surface area contributed by atoms with Crippen molar-refractivity contribution in [3.63, 3.8) is 0 Å². The largest absolute Gasteiger partial charge is 0.478 e. The Morgan fingerprint density at radius 1 is 1.40 bits per heavy atom. The maximum absolute atomic E-state index is 10.6. The maximum Gasteiger partial charge on any atom is 0.331 e. The standard InChI is InChI=1S/C12H11NO2/c1-8(12(14)15)6-9-2-3-11-10(7-9)4-5-13-11/h2-7,13H,1H3,(H,14,15). The third-order valence-electron chi connectivity index (χ3n) is 2.30. The van der Waals surface area contributed by atoms with E-state index >= 15 is 0 Å². The molecule has 2 N–H and O–H groups in total. The Kier molecular flexibility index (Phi) is 2.29. The number of rotatable bonds is 2. The molecule has 1 heterocycles. The van der Waals surface area contributed by atoms with Crippen molar-refractivity contribution in [3.8, 4) is 0 Å². The van der Waals surface area contributed by atoms with Gasteiger partial charge in [-0.25, -0.2) is 4.79 Å². The van der Waals surface area contributed by atoms with Gasteiger partial charge in [0.2, 0.25) is 0 Å². The van der Waals surface area contributed by atoms with Gasteiger partial charge in [-0.3, -0.25) is 0 Å². The number of fused-ring (bicyclic) bond motifs is 1. The van der Waals surface area contributed by atoms with E-state index in [4.69, 9.17) is 5.11 Å². The number of nitrogens with one attached hydrogen (secondary N) is 1. The number of H-pyrrole nitrogens is 1. The molecule has 2 rings (SSSR count). The molecule has 0 fully saturated rings. The molecule has 0 aliphatic carbocycles. The van der Waals surface area contributed by atoms with Gasteiger partial charge in [-0.05, 0) is 42.1 Å². The van der Waals surface area contributed by atoms with E-state index < -0.39 is 5.97 Å². The normalized spacial score (nSPS) is 11.9. The van der Waals surface area contributed by atoms with E-state index in [9.17, 15) is 4.79 Å². The van der Waals surface area contributed by atoms with E-state index in [2.05, 4.69) is 4.98 Å². The highest BCUT2D eigenvalue weighted by Gasteiger charge is 2.00. The van der Waals surface area contributed by atoms with Crippen LogP contribution in [0.2, 0.25) is 0 Å². The zero-order valence-electron chi connectivity index (χ0n) is 8.32. The number of hydrogen-bond acceptors (Lipinski definition) is 1. The van der Waals surface area contributed by atoms with Crippen LogP contribution in [-0.2, 0) is 4.79 Å². The van der Waals surface area contributed by atoms with Gasteiger partial charge in [0.05, 0.1) is 0 Å². The van der Waals surface area contributed by atoms with Gasteiger partial charge in [-0.15, -0.1) is 0 Å². The Bertz CT molecular complexity index is 537. The first-order valence-corrected chi connectivity index (χ1v) is 4.65. The summed E-state index contributed by atoms with van der Waals surface area (Å²) < 4.78 is 0. The van der Waals surface area contributed by atoms with Crippen LogP contribution in [0.3, 0.4) is 0 Å². The van der Waals surface area contributed by atoms with Gasteiger partial charge >= 0.3 is 5.97 Å². The summed E-state index contributed by atoms with van der Waals surface area (Å²) in [5.74, 6) is -0.885. The second kappa shape index (κ2) is 3.61. The van der Waals surface area contributed by atoms with Gasteiger partial charge < -0.3 is 10.1 Å². The van der Waals surface area contributed by atoms with Crippen molar-refractivity contribution in [2.45, 2.75) is 6.92 Å². The van der Waals surface area contributed by atoms with Crippen molar-refractivity contribution in [1.82, 2.24) is 4.98 Å². The molecule has 0 saturated heterocycles. The predicted octanol–water partition coefficient (Wildman–Crippen LogP) is 2.66. The van der Waals surface area contributed by atoms with Gasteiger partial charge in [-0.1, -0.05) is 6.07 Å². The molecule has 15 heavy (non-hydrogen) atoms. The van der Waals surface area contributed by atoms with E-state index in [1.54, 1.807) is 13.0 Å². The Balaban J connectivity index is 2.44. The van der Waals surface area contributed by atoms with Crippen molar-refractivity contribution in [2.24, 2.45) is 0 Å². The fourth-order valence-corrected chi connectivity index (χ4v) is 1.47. The van der Waals surface area contributed by atoms with E-state index in [1.807, 2.05) is 30.5 Å². The Hall–Kier alpha value is -2.03. The number of aliphatic carboxylic acids is 1. The van der Waals surface area contributed by atoms with Gasteiger partial charge in [0, 0.05) is 17.3 Å². The highest BCUT2D eigenvalue weighted by atomic mass is 16.4. The van der Waals surface area contributed by atoms with Crippen LogP contribution >= 0.6 is 0 Å². The van der Waals surface area contributed by atoms with Crippen molar-refractivity contribution in [1.29, 1.82) is 0 Å². The number of aromatic nitrogens is 1. The monoisotopic (exact) mass is 201 g/mol. The first kappa shape index (κ1) is 9.52. The molecule has 0 radical (unpaired) electrons. The maximum atomic E-state index is 10.6. The molecule has 0 saturated carbocycles. The summed E-state index contributed by atoms with van der Waals surface area (Å²) in [6.07, 6.45) is 3.52. The summed E-state index contributed by atoms with van der Waals surface area (Å²) in [5, 5.41) is 9.83. The Morgan fingerprint density at radius 3 is 2.93 bits per heavy atom. The lowest BCUT2D eigenvalue weighted by atomic mass is 10.1. The molecule has 0 aliphatic heterocycles. The van der Waals surface area contributed by atoms with Crippen LogP contribution in [0.25, 0.3) is 17.0 Å². The molecule has 1 aromatic carbocycles. The number of carboxylic acids is 1. The lowest BCUT2D eigenvalue weighted by Gasteiger charge is -1.96. The Labute approximate surface area is 87.0 Å². The van der Waals surface area contributed by atoms with Crippen molar-refractivity contribution >= 4 is 22.9 Å². The third-order valence-corrected chi connectivity index (χ3v) is 2.30. The van der Waals surface area contributed by atoms with Crippen LogP contribution in [0.5, 0.6) is 0 Å². The zero-order valence-corrected chi connectivity index (χ0v) is 8.32. The Morgan fingerprint density at radius 2 is 2.20 bits per heavy atom. The van der Waals surface area contributed by atoms with E-state index in [-0.39, 0.29) is 0 Å². The van der Waals surface area contributed by atoms with Crippen molar-refractivity contribution in [2.75, 3.05) is 0 Å². The van der Waals surface area contributed by atoms with Gasteiger partial charge in [-0.2, -0.15) is 0 Å². The number of carboxylic acid groups (broad SMARTS) is 1. The SMILES string of the molecule is CC(=Cc1ccc2[nH]ccc2c1)C(=O)O. The fraction of sp³-hybridized carbons (Fsp3) is 0.0833. The molecule has 76 valence electrons. The van der Waals surface area contributed by atoms with E-state index in [0.717, 1.165) is 16.5 Å². The first-order valence-electron chi connectivity index (χ1n) is 4.65. The molecule has 0 bridgehead atoms. The molecule has 2 aromatic rings. The molecule has 0 spiro atoms. The zero-order chi connectivity index (χ0) is 10.8. The minimum absolute atomic E-state index is 0.338. The number of hydrogen-bond donors (Lipinski definition) is 2. The lowest BCUT2D eigenvalue weighted by Crippen LogP contribution is -1.95. The third kappa shape index (κ3) is 1.91.